The smallest absolute Gasteiger partial charge is 0.0782 e. The van der Waals surface area contributed by atoms with Crippen molar-refractivity contribution in [2.75, 3.05) is 4.90 Å². The minimum atomic E-state index is 1.13. The van der Waals surface area contributed by atoms with Crippen molar-refractivity contribution in [3.63, 3.8) is 0 Å². The molecule has 0 saturated heterocycles. The number of para-hydroxylation sites is 4. The first-order valence-corrected chi connectivity index (χ1v) is 18.4. The van der Waals surface area contributed by atoms with Crippen LogP contribution in [0.5, 0.6) is 0 Å². The van der Waals surface area contributed by atoms with Gasteiger partial charge in [0.25, 0.3) is 0 Å². The second kappa shape index (κ2) is 9.81. The first-order chi connectivity index (χ1) is 26.3. The van der Waals surface area contributed by atoms with Crippen LogP contribution < -0.4 is 4.90 Å². The number of nitrogens with zero attached hydrogens (tertiary/aromatic N) is 3. The van der Waals surface area contributed by atoms with E-state index >= 15 is 0 Å². The predicted octanol–water partition coefficient (Wildman–Crippen LogP) is 13.8. The summed E-state index contributed by atoms with van der Waals surface area (Å²) >= 11 is 0. The fourth-order valence-electron chi connectivity index (χ4n) is 9.81. The Kier molecular flexibility index (Phi) is 5.11. The Hall–Kier alpha value is -7.10. The van der Waals surface area contributed by atoms with Gasteiger partial charge in [-0.05, 0) is 82.2 Å². The number of aromatic nitrogens is 2. The average Bonchev–Trinajstić information content (AvgIpc) is 3.94. The largest absolute Gasteiger partial charge is 0.308 e. The van der Waals surface area contributed by atoms with E-state index in [0.29, 0.717) is 0 Å². The van der Waals surface area contributed by atoms with E-state index in [0.717, 1.165) is 17.1 Å². The predicted molar refractivity (Wildman–Crippen MR) is 225 cm³/mol. The molecule has 13 rings (SSSR count). The molecule has 4 aromatic heterocycles. The second-order valence-electron chi connectivity index (χ2n) is 14.5. The zero-order chi connectivity index (χ0) is 34.4. The molecule has 3 nitrogen and oxygen atoms in total. The Morgan fingerprint density at radius 3 is 1.62 bits per heavy atom. The van der Waals surface area contributed by atoms with E-state index in [2.05, 4.69) is 190 Å². The van der Waals surface area contributed by atoms with Gasteiger partial charge in [0, 0.05) is 54.5 Å². The number of fused-ring (bicyclic) bond motifs is 16. The summed E-state index contributed by atoms with van der Waals surface area (Å²) < 4.78 is 5.11. The maximum absolute atomic E-state index is 2.56. The van der Waals surface area contributed by atoms with E-state index in [4.69, 9.17) is 0 Å². The summed E-state index contributed by atoms with van der Waals surface area (Å²) in [5, 5.41) is 15.6. The monoisotopic (exact) mass is 671 g/mol. The third-order valence-electron chi connectivity index (χ3n) is 11.9. The molecular formula is C50H29N3. The Bertz CT molecular complexity index is 3570. The van der Waals surface area contributed by atoms with Crippen LogP contribution in [0.25, 0.3) is 97.7 Å². The minimum Gasteiger partial charge on any atom is -0.308 e. The lowest BCUT2D eigenvalue weighted by Gasteiger charge is -2.26. The van der Waals surface area contributed by atoms with Crippen LogP contribution in [0.2, 0.25) is 0 Å². The van der Waals surface area contributed by atoms with Crippen molar-refractivity contribution < 1.29 is 0 Å². The Morgan fingerprint density at radius 2 is 0.868 bits per heavy atom. The highest BCUT2D eigenvalue weighted by Gasteiger charge is 2.27. The molecule has 0 saturated carbocycles. The standard InChI is InChI=1S/C50H29N3/c1-3-16-33(17-4-1)51(34-18-5-2-6-19-34)43-24-12-22-37-36-21-11-23-38-45-41(53(48(36)38)49(37)43)25-26-42-47(45)46-35-20-10-9-15-32(35)28-40-39-27-30-13-7-8-14-31(30)29-44(39)52(42)50(40)46/h1-29H. The molecule has 0 fully saturated rings. The van der Waals surface area contributed by atoms with Crippen molar-refractivity contribution in [1.29, 1.82) is 0 Å². The fraction of sp³-hybridized carbons (Fsp3) is 0. The molecule has 0 N–H and O–H groups in total. The molecule has 0 spiro atoms. The lowest BCUT2D eigenvalue weighted by atomic mass is 9.97. The molecule has 3 heteroatoms. The number of rotatable bonds is 3. The number of hydrogen-bond acceptors (Lipinski definition) is 1. The quantitative estimate of drug-likeness (QED) is 0.182. The van der Waals surface area contributed by atoms with Crippen molar-refractivity contribution in [3.8, 4) is 0 Å². The molecule has 0 amide bonds. The molecule has 0 aliphatic heterocycles. The average molecular weight is 672 g/mol. The summed E-state index contributed by atoms with van der Waals surface area (Å²) in [4.78, 5) is 2.41. The highest BCUT2D eigenvalue weighted by molar-refractivity contribution is 6.40. The molecule has 0 aliphatic rings. The topological polar surface area (TPSA) is 12.1 Å². The van der Waals surface area contributed by atoms with Gasteiger partial charge < -0.3 is 13.7 Å². The van der Waals surface area contributed by atoms with Gasteiger partial charge in [-0.25, -0.2) is 0 Å². The summed E-state index contributed by atoms with van der Waals surface area (Å²) in [6.07, 6.45) is 0. The van der Waals surface area contributed by atoms with Gasteiger partial charge in [0.15, 0.2) is 0 Å². The van der Waals surface area contributed by atoms with Gasteiger partial charge in [-0.1, -0.05) is 115 Å². The van der Waals surface area contributed by atoms with Crippen molar-refractivity contribution in [3.05, 3.63) is 176 Å². The number of benzene rings is 9. The van der Waals surface area contributed by atoms with Crippen LogP contribution in [0, 0.1) is 0 Å². The van der Waals surface area contributed by atoms with Gasteiger partial charge in [0.1, 0.15) is 0 Å². The first kappa shape index (κ1) is 27.6. The zero-order valence-electron chi connectivity index (χ0n) is 28.6. The molecule has 0 aliphatic carbocycles. The summed E-state index contributed by atoms with van der Waals surface area (Å²) in [7, 11) is 0. The maximum atomic E-state index is 2.56. The Labute approximate surface area is 303 Å². The Morgan fingerprint density at radius 1 is 0.302 bits per heavy atom. The molecule has 0 radical (unpaired) electrons. The fourth-order valence-corrected chi connectivity index (χ4v) is 9.81. The van der Waals surface area contributed by atoms with Crippen molar-refractivity contribution in [1.82, 2.24) is 8.80 Å². The SMILES string of the molecule is c1ccc(N(c2ccccc2)c2cccc3c4cccc5c6c7c8c9ccccc9cc9c%10cc%11ccccc%11cc%10n(c7ccc6n(c23)c45)c98)cc1. The molecule has 0 atom stereocenters. The zero-order valence-corrected chi connectivity index (χ0v) is 28.6. The van der Waals surface area contributed by atoms with Crippen molar-refractivity contribution >= 4 is 115 Å². The maximum Gasteiger partial charge on any atom is 0.0782 e. The van der Waals surface area contributed by atoms with Crippen LogP contribution in [0.1, 0.15) is 0 Å². The minimum absolute atomic E-state index is 1.13. The molecule has 9 aromatic carbocycles. The summed E-state index contributed by atoms with van der Waals surface area (Å²) in [6.45, 7) is 0. The van der Waals surface area contributed by atoms with Gasteiger partial charge in [-0.3, -0.25) is 0 Å². The third-order valence-corrected chi connectivity index (χ3v) is 11.9. The highest BCUT2D eigenvalue weighted by atomic mass is 15.2. The van der Waals surface area contributed by atoms with Crippen molar-refractivity contribution in [2.45, 2.75) is 0 Å². The van der Waals surface area contributed by atoms with Crippen LogP contribution in [0.3, 0.4) is 0 Å². The van der Waals surface area contributed by atoms with Gasteiger partial charge in [0.05, 0.1) is 38.8 Å². The van der Waals surface area contributed by atoms with E-state index in [1.54, 1.807) is 0 Å². The Balaban J connectivity index is 1.25. The molecule has 53 heavy (non-hydrogen) atoms. The van der Waals surface area contributed by atoms with Crippen LogP contribution in [-0.2, 0) is 0 Å². The highest BCUT2D eigenvalue weighted by Crippen LogP contribution is 2.50. The first-order valence-electron chi connectivity index (χ1n) is 18.4. The van der Waals surface area contributed by atoms with Crippen LogP contribution in [0.15, 0.2) is 176 Å². The number of anilines is 3. The van der Waals surface area contributed by atoms with Gasteiger partial charge in [-0.2, -0.15) is 0 Å². The molecular weight excluding hydrogens is 643 g/mol. The normalized spacial score (nSPS) is 12.5. The van der Waals surface area contributed by atoms with E-state index < -0.39 is 0 Å². The lowest BCUT2D eigenvalue weighted by molar-refractivity contribution is 1.27. The molecule has 244 valence electrons. The van der Waals surface area contributed by atoms with Crippen LogP contribution >= 0.6 is 0 Å². The van der Waals surface area contributed by atoms with E-state index in [-0.39, 0.29) is 0 Å². The second-order valence-corrected chi connectivity index (χ2v) is 14.5. The van der Waals surface area contributed by atoms with Crippen LogP contribution in [-0.4, -0.2) is 8.80 Å². The summed E-state index contributed by atoms with van der Waals surface area (Å²) in [6, 6.07) is 64.9. The molecule has 4 heterocycles. The van der Waals surface area contributed by atoms with Crippen LogP contribution in [0.4, 0.5) is 17.1 Å². The van der Waals surface area contributed by atoms with Gasteiger partial charge in [-0.15, -0.1) is 0 Å². The van der Waals surface area contributed by atoms with E-state index in [1.165, 1.54) is 97.7 Å². The molecule has 13 aromatic rings. The summed E-state index contributed by atoms with van der Waals surface area (Å²) in [5.41, 5.74) is 11.0. The van der Waals surface area contributed by atoms with Gasteiger partial charge in [0.2, 0.25) is 0 Å². The lowest BCUT2D eigenvalue weighted by Crippen LogP contribution is -2.10. The number of hydrogen-bond donors (Lipinski definition) is 0. The molecule has 0 bridgehead atoms. The third kappa shape index (κ3) is 3.40. The molecule has 0 unspecified atom stereocenters. The van der Waals surface area contributed by atoms with Gasteiger partial charge >= 0.3 is 0 Å². The summed E-state index contributed by atoms with van der Waals surface area (Å²) in [5.74, 6) is 0. The van der Waals surface area contributed by atoms with E-state index in [1.807, 2.05) is 0 Å². The van der Waals surface area contributed by atoms with E-state index in [9.17, 15) is 0 Å². The van der Waals surface area contributed by atoms with Crippen molar-refractivity contribution in [2.24, 2.45) is 0 Å².